The Bertz CT molecular complexity index is 2390. The fourth-order valence-electron chi connectivity index (χ4n) is 6.20. The number of aryl methyl sites for hydroxylation is 2. The second kappa shape index (κ2) is 20.6. The molecule has 0 saturated carbocycles. The molecule has 0 aliphatic rings. The van der Waals surface area contributed by atoms with E-state index in [2.05, 4.69) is 70.8 Å². The van der Waals surface area contributed by atoms with Gasteiger partial charge in [0.2, 0.25) is 0 Å². The van der Waals surface area contributed by atoms with Gasteiger partial charge in [-0.15, -0.1) is 4.33 Å². The maximum Gasteiger partial charge on any atom is 0.294 e. The lowest BCUT2D eigenvalue weighted by Gasteiger charge is -2.23. The molecule has 0 fully saturated rings. The van der Waals surface area contributed by atoms with Crippen LogP contribution in [-0.2, 0) is 45.4 Å². The second-order valence-electron chi connectivity index (χ2n) is 13.3. The molecule has 0 saturated heterocycles. The predicted molar refractivity (Wildman–Crippen MR) is 228 cm³/mol. The average Bonchev–Trinajstić information content (AvgIpc) is 3.25. The summed E-state index contributed by atoms with van der Waals surface area (Å²) in [5.41, 5.74) is 9.36. The lowest BCUT2D eigenvalue weighted by Crippen LogP contribution is -2.22. The summed E-state index contributed by atoms with van der Waals surface area (Å²) in [6, 6.07) is 46.1. The Hall–Kier alpha value is -5.74. The Balaban J connectivity index is 0.959. The molecule has 6 aromatic carbocycles. The van der Waals surface area contributed by atoms with Crippen molar-refractivity contribution in [3.05, 3.63) is 168 Å². The van der Waals surface area contributed by atoms with E-state index in [0.29, 0.717) is 19.6 Å². The molecule has 298 valence electrons. The van der Waals surface area contributed by atoms with Crippen molar-refractivity contribution in [2.24, 2.45) is 20.5 Å². The SMILES string of the molecule is CCN(Cc1cccc(SOOO)c1)c1ccc(N=Nc2ccc(CCc3ccc(N=Nc4ccc(N(CC)Cc5cccc(S(=O)(=O)O)c5)cc4)cc3)cc2)cc1. The van der Waals surface area contributed by atoms with Gasteiger partial charge in [0.05, 0.1) is 39.7 Å². The Morgan fingerprint density at radius 3 is 1.38 bits per heavy atom. The molecular weight excluding hydrogens is 773 g/mol. The molecule has 0 aliphatic carbocycles. The van der Waals surface area contributed by atoms with Crippen LogP contribution in [0.5, 0.6) is 0 Å². The largest absolute Gasteiger partial charge is 0.367 e. The van der Waals surface area contributed by atoms with Crippen molar-refractivity contribution >= 4 is 56.3 Å². The highest BCUT2D eigenvalue weighted by molar-refractivity contribution is 7.94. The normalized spacial score (nSPS) is 11.7. The number of rotatable bonds is 19. The van der Waals surface area contributed by atoms with Crippen molar-refractivity contribution in [3.63, 3.8) is 0 Å². The molecule has 6 rings (SSSR count). The summed E-state index contributed by atoms with van der Waals surface area (Å²) < 4.78 is 37.0. The van der Waals surface area contributed by atoms with E-state index in [9.17, 15) is 13.0 Å². The van der Waals surface area contributed by atoms with Crippen molar-refractivity contribution < 1.29 is 27.6 Å². The highest BCUT2D eigenvalue weighted by atomic mass is 32.2. The van der Waals surface area contributed by atoms with E-state index in [1.165, 1.54) is 23.3 Å². The Kier molecular flexibility index (Phi) is 14.9. The van der Waals surface area contributed by atoms with Gasteiger partial charge in [-0.2, -0.15) is 28.9 Å². The number of nitrogens with zero attached hydrogens (tertiary/aromatic N) is 6. The first-order valence-electron chi connectivity index (χ1n) is 18.7. The lowest BCUT2D eigenvalue weighted by atomic mass is 10.0. The van der Waals surface area contributed by atoms with Crippen LogP contribution in [0.15, 0.2) is 176 Å². The summed E-state index contributed by atoms with van der Waals surface area (Å²) in [4.78, 5) is 5.06. The minimum Gasteiger partial charge on any atom is -0.367 e. The van der Waals surface area contributed by atoms with Crippen LogP contribution < -0.4 is 9.80 Å². The first-order valence-corrected chi connectivity index (χ1v) is 20.9. The highest BCUT2D eigenvalue weighted by Crippen LogP contribution is 2.27. The molecule has 0 amide bonds. The molecule has 0 spiro atoms. The maximum atomic E-state index is 11.5. The fraction of sp³-hybridized carbons (Fsp3) is 0.182. The molecule has 0 bridgehead atoms. The number of anilines is 2. The van der Waals surface area contributed by atoms with Crippen LogP contribution in [0.3, 0.4) is 0 Å². The van der Waals surface area contributed by atoms with Gasteiger partial charge in [0.15, 0.2) is 0 Å². The molecule has 0 heterocycles. The lowest BCUT2D eigenvalue weighted by molar-refractivity contribution is -0.432. The van der Waals surface area contributed by atoms with E-state index < -0.39 is 10.1 Å². The quantitative estimate of drug-likeness (QED) is 0.0268. The van der Waals surface area contributed by atoms with Crippen LogP contribution in [0, 0.1) is 0 Å². The van der Waals surface area contributed by atoms with Gasteiger partial charge in [0.1, 0.15) is 0 Å². The molecule has 12 nitrogen and oxygen atoms in total. The standard InChI is InChI=1S/C44H44N6O6S2/c1-3-49(31-35-7-5-9-43(29-35)57-56-55-51)41-25-21-39(22-26-41)47-45-37-17-13-33(14-18-37)11-12-34-15-19-38(20-16-34)46-48-40-23-27-42(28-24-40)50(4-2)32-36-8-6-10-44(30-36)58(52,53)54/h5-10,13-30,51H,3-4,11-12,31-32H2,1-2H3,(H,52,53,54). The Morgan fingerprint density at radius 2 is 0.966 bits per heavy atom. The van der Waals surface area contributed by atoms with E-state index in [-0.39, 0.29) is 4.90 Å². The highest BCUT2D eigenvalue weighted by Gasteiger charge is 2.12. The van der Waals surface area contributed by atoms with Crippen LogP contribution in [0.1, 0.15) is 36.1 Å². The molecule has 6 aromatic rings. The van der Waals surface area contributed by atoms with Crippen LogP contribution >= 0.6 is 12.0 Å². The second-order valence-corrected chi connectivity index (χ2v) is 15.5. The van der Waals surface area contributed by atoms with E-state index in [0.717, 1.165) is 81.6 Å². The van der Waals surface area contributed by atoms with Crippen molar-refractivity contribution in [1.82, 2.24) is 0 Å². The molecule has 58 heavy (non-hydrogen) atoms. The van der Waals surface area contributed by atoms with Crippen LogP contribution in [-0.4, -0.2) is 31.3 Å². The molecular formula is C44H44N6O6S2. The maximum absolute atomic E-state index is 11.5. The van der Waals surface area contributed by atoms with Crippen LogP contribution in [0.25, 0.3) is 0 Å². The number of hydrogen-bond donors (Lipinski definition) is 2. The van der Waals surface area contributed by atoms with E-state index in [1.54, 1.807) is 6.07 Å². The third kappa shape index (κ3) is 12.4. The molecule has 0 aromatic heterocycles. The van der Waals surface area contributed by atoms with Gasteiger partial charge in [0.25, 0.3) is 10.1 Å². The van der Waals surface area contributed by atoms with Crippen LogP contribution in [0.2, 0.25) is 0 Å². The third-order valence-electron chi connectivity index (χ3n) is 9.33. The molecule has 2 N–H and O–H groups in total. The fourth-order valence-corrected chi connectivity index (χ4v) is 7.20. The Morgan fingerprint density at radius 1 is 0.552 bits per heavy atom. The average molecular weight is 817 g/mol. The zero-order chi connectivity index (χ0) is 40.7. The monoisotopic (exact) mass is 816 g/mol. The van der Waals surface area contributed by atoms with Crippen molar-refractivity contribution in [1.29, 1.82) is 0 Å². The molecule has 0 unspecified atom stereocenters. The molecule has 0 atom stereocenters. The van der Waals surface area contributed by atoms with Crippen molar-refractivity contribution in [2.75, 3.05) is 22.9 Å². The summed E-state index contributed by atoms with van der Waals surface area (Å²) in [6.07, 6.45) is 1.77. The molecule has 14 heteroatoms. The summed E-state index contributed by atoms with van der Waals surface area (Å²) in [5.74, 6) is 0. The predicted octanol–water partition coefficient (Wildman–Crippen LogP) is 12.0. The van der Waals surface area contributed by atoms with E-state index in [4.69, 9.17) is 5.26 Å². The van der Waals surface area contributed by atoms with Gasteiger partial charge in [-0.3, -0.25) is 4.55 Å². The number of benzene rings is 6. The zero-order valence-electron chi connectivity index (χ0n) is 32.1. The van der Waals surface area contributed by atoms with Gasteiger partial charge in [-0.05, 0) is 146 Å². The smallest absolute Gasteiger partial charge is 0.294 e. The van der Waals surface area contributed by atoms with Crippen LogP contribution in [0.4, 0.5) is 34.1 Å². The molecule has 0 radical (unpaired) electrons. The topological polar surface area (TPSA) is 149 Å². The first kappa shape index (κ1) is 41.9. The summed E-state index contributed by atoms with van der Waals surface area (Å²) in [7, 11) is -4.26. The van der Waals surface area contributed by atoms with Gasteiger partial charge in [0, 0.05) is 42.4 Å². The zero-order valence-corrected chi connectivity index (χ0v) is 33.8. The van der Waals surface area contributed by atoms with E-state index >= 15 is 0 Å². The summed E-state index contributed by atoms with van der Waals surface area (Å²) in [5, 5.41) is 29.9. The van der Waals surface area contributed by atoms with E-state index in [1.807, 2.05) is 110 Å². The summed E-state index contributed by atoms with van der Waals surface area (Å²) >= 11 is 0.944. The Labute approximate surface area is 343 Å². The summed E-state index contributed by atoms with van der Waals surface area (Å²) in [6.45, 7) is 6.86. The van der Waals surface area contributed by atoms with Gasteiger partial charge in [-0.1, -0.05) is 53.6 Å². The molecule has 0 aliphatic heterocycles. The van der Waals surface area contributed by atoms with Crippen molar-refractivity contribution in [3.8, 4) is 0 Å². The van der Waals surface area contributed by atoms with Crippen molar-refractivity contribution in [2.45, 2.75) is 49.6 Å². The van der Waals surface area contributed by atoms with Gasteiger partial charge in [-0.25, -0.2) is 5.26 Å². The first-order chi connectivity index (χ1) is 28.2. The number of hydrogen-bond acceptors (Lipinski definition) is 12. The minimum absolute atomic E-state index is 0.116. The minimum atomic E-state index is -4.26. The third-order valence-corrected chi connectivity index (χ3v) is 10.8. The number of azo groups is 2. The van der Waals surface area contributed by atoms with Gasteiger partial charge < -0.3 is 9.80 Å². The van der Waals surface area contributed by atoms with Gasteiger partial charge >= 0.3 is 0 Å².